The van der Waals surface area contributed by atoms with Gasteiger partial charge in [-0.15, -0.1) is 0 Å². The van der Waals surface area contributed by atoms with Gasteiger partial charge in [0.1, 0.15) is 17.3 Å². The predicted molar refractivity (Wildman–Crippen MR) is 126 cm³/mol. The summed E-state index contributed by atoms with van der Waals surface area (Å²) in [6.45, 7) is 0.927. The average molecular weight is 476 g/mol. The number of fused-ring (bicyclic) bond motifs is 3. The number of piperidine rings is 1. The van der Waals surface area contributed by atoms with E-state index in [2.05, 4.69) is 15.0 Å². The predicted octanol–water partition coefficient (Wildman–Crippen LogP) is 3.02. The molecule has 1 spiro atoms. The second kappa shape index (κ2) is 7.72. The summed E-state index contributed by atoms with van der Waals surface area (Å²) in [6.07, 6.45) is 5.65. The molecule has 0 bridgehead atoms. The van der Waals surface area contributed by atoms with Crippen molar-refractivity contribution in [3.8, 4) is 0 Å². The van der Waals surface area contributed by atoms with Crippen molar-refractivity contribution in [1.29, 1.82) is 0 Å². The Morgan fingerprint density at radius 3 is 2.69 bits per heavy atom. The number of benzene rings is 1. The Morgan fingerprint density at radius 1 is 1.14 bits per heavy atom. The lowest BCUT2D eigenvalue weighted by Crippen LogP contribution is -2.49. The number of aromatic nitrogens is 4. The summed E-state index contributed by atoms with van der Waals surface area (Å²) < 4.78 is 31.2. The number of hydrogen-bond donors (Lipinski definition) is 1. The number of amides is 1. The molecular weight excluding hydrogens is 454 g/mol. The molecule has 35 heavy (non-hydrogen) atoms. The molecule has 0 saturated carbocycles. The van der Waals surface area contributed by atoms with E-state index in [1.54, 1.807) is 35.3 Å². The highest BCUT2D eigenvalue weighted by atomic mass is 19.1. The van der Waals surface area contributed by atoms with Crippen LogP contribution in [0.3, 0.4) is 0 Å². The highest BCUT2D eigenvalue weighted by molar-refractivity contribution is 6.08. The minimum Gasteiger partial charge on any atom is -0.342 e. The molecule has 8 nitrogen and oxygen atoms in total. The van der Waals surface area contributed by atoms with Gasteiger partial charge in [-0.3, -0.25) is 19.6 Å². The van der Waals surface area contributed by atoms with Crippen molar-refractivity contribution in [1.82, 2.24) is 19.5 Å². The topological polar surface area (TPSA) is 87.1 Å². The van der Waals surface area contributed by atoms with Crippen LogP contribution in [0.5, 0.6) is 0 Å². The van der Waals surface area contributed by atoms with Crippen molar-refractivity contribution in [2.24, 2.45) is 7.05 Å². The van der Waals surface area contributed by atoms with E-state index in [-0.39, 0.29) is 29.3 Å². The third kappa shape index (κ3) is 3.23. The summed E-state index contributed by atoms with van der Waals surface area (Å²) in [5.41, 5.74) is 0.492. The number of pyridine rings is 1. The maximum absolute atomic E-state index is 15.2. The summed E-state index contributed by atoms with van der Waals surface area (Å²) in [6, 6.07) is 7.37. The Hall–Kier alpha value is -4.08. The lowest BCUT2D eigenvalue weighted by molar-refractivity contribution is -0.124. The van der Waals surface area contributed by atoms with Crippen molar-refractivity contribution in [2.75, 3.05) is 22.9 Å². The van der Waals surface area contributed by atoms with Gasteiger partial charge in [0, 0.05) is 50.4 Å². The zero-order valence-electron chi connectivity index (χ0n) is 19.0. The van der Waals surface area contributed by atoms with Gasteiger partial charge in [0.15, 0.2) is 0 Å². The first-order chi connectivity index (χ1) is 16.9. The quantitative estimate of drug-likeness (QED) is 0.491. The van der Waals surface area contributed by atoms with Crippen molar-refractivity contribution < 1.29 is 13.6 Å². The van der Waals surface area contributed by atoms with Crippen LogP contribution in [0.25, 0.3) is 11.0 Å². The fourth-order valence-electron chi connectivity index (χ4n) is 5.40. The number of rotatable bonds is 3. The molecule has 1 aromatic carbocycles. The molecule has 5 heterocycles. The van der Waals surface area contributed by atoms with Gasteiger partial charge in [-0.25, -0.2) is 8.78 Å². The van der Waals surface area contributed by atoms with Gasteiger partial charge >= 0.3 is 0 Å². The van der Waals surface area contributed by atoms with Gasteiger partial charge in [0.25, 0.3) is 5.56 Å². The number of halogens is 2. The van der Waals surface area contributed by atoms with E-state index >= 15 is 4.39 Å². The standard InChI is InChI=1S/C25H22F2N6O2/c1-31-8-4-17-21(31)29-24(30-22(17)34)32-9-5-25(6-10-32)20-18(27)11-16(26)12-19(20)33(23(25)35)14-15-3-2-7-28-13-15/h2-4,7-8,11-13H,5-6,9-10,14H2,1H3,(H,29,30,34). The number of hydrogen-bond acceptors (Lipinski definition) is 5. The fraction of sp³-hybridized carbons (Fsp3) is 0.280. The van der Waals surface area contributed by atoms with Crippen LogP contribution in [0.4, 0.5) is 20.4 Å². The maximum atomic E-state index is 15.2. The first-order valence-corrected chi connectivity index (χ1v) is 11.4. The summed E-state index contributed by atoms with van der Waals surface area (Å²) in [5.74, 6) is -1.28. The number of anilines is 2. The zero-order valence-corrected chi connectivity index (χ0v) is 19.0. The molecule has 1 fully saturated rings. The van der Waals surface area contributed by atoms with Crippen molar-refractivity contribution in [2.45, 2.75) is 24.8 Å². The lowest BCUT2D eigenvalue weighted by Gasteiger charge is -2.38. The van der Waals surface area contributed by atoms with E-state index < -0.39 is 17.0 Å². The van der Waals surface area contributed by atoms with E-state index in [1.807, 2.05) is 18.0 Å². The number of aromatic amines is 1. The van der Waals surface area contributed by atoms with Crippen molar-refractivity contribution in [3.05, 3.63) is 82.0 Å². The van der Waals surface area contributed by atoms with E-state index in [9.17, 15) is 14.0 Å². The van der Waals surface area contributed by atoms with Gasteiger partial charge in [0.2, 0.25) is 11.9 Å². The molecule has 0 aliphatic carbocycles. The third-order valence-electron chi connectivity index (χ3n) is 7.16. The van der Waals surface area contributed by atoms with E-state index in [4.69, 9.17) is 0 Å². The molecule has 0 radical (unpaired) electrons. The molecule has 6 rings (SSSR count). The van der Waals surface area contributed by atoms with Crippen LogP contribution < -0.4 is 15.4 Å². The van der Waals surface area contributed by atoms with Crippen LogP contribution >= 0.6 is 0 Å². The summed E-state index contributed by atoms with van der Waals surface area (Å²) >= 11 is 0. The number of H-pyrrole nitrogens is 1. The Bertz CT molecular complexity index is 1520. The molecule has 1 saturated heterocycles. The minimum atomic E-state index is -1.11. The second-order valence-corrected chi connectivity index (χ2v) is 9.16. The maximum Gasteiger partial charge on any atom is 0.261 e. The Labute approximate surface area is 198 Å². The Morgan fingerprint density at radius 2 is 1.94 bits per heavy atom. The van der Waals surface area contributed by atoms with Crippen LogP contribution in [0.15, 0.2) is 53.7 Å². The normalized spacial score (nSPS) is 16.9. The van der Waals surface area contributed by atoms with Crippen LogP contribution in [0.1, 0.15) is 24.0 Å². The molecule has 0 unspecified atom stereocenters. The number of aryl methyl sites for hydroxylation is 1. The van der Waals surface area contributed by atoms with Gasteiger partial charge in [-0.05, 0) is 36.6 Å². The Balaban J connectivity index is 1.35. The SMILES string of the molecule is Cn1ccc2c(=O)[nH]c(N3CCC4(CC3)C(=O)N(Cc3cccnc3)c3cc(F)cc(F)c34)nc21. The highest BCUT2D eigenvalue weighted by Crippen LogP contribution is 2.50. The molecule has 1 N–H and O–H groups in total. The summed E-state index contributed by atoms with van der Waals surface area (Å²) in [5, 5.41) is 0.500. The number of carbonyl (C=O) groups excluding carboxylic acids is 1. The van der Waals surface area contributed by atoms with Crippen LogP contribution in [0.2, 0.25) is 0 Å². The summed E-state index contributed by atoms with van der Waals surface area (Å²) in [7, 11) is 1.82. The van der Waals surface area contributed by atoms with E-state index in [1.165, 1.54) is 11.0 Å². The van der Waals surface area contributed by atoms with Gasteiger partial charge < -0.3 is 14.4 Å². The largest absolute Gasteiger partial charge is 0.342 e. The molecular formula is C25H22F2N6O2. The Kier molecular flexibility index (Phi) is 4.73. The van der Waals surface area contributed by atoms with Gasteiger partial charge in [0.05, 0.1) is 23.0 Å². The number of nitrogens with zero attached hydrogens (tertiary/aromatic N) is 5. The molecule has 10 heteroatoms. The van der Waals surface area contributed by atoms with Crippen LogP contribution in [0, 0.1) is 11.6 Å². The molecule has 2 aliphatic rings. The lowest BCUT2D eigenvalue weighted by atomic mass is 9.73. The molecule has 178 valence electrons. The van der Waals surface area contributed by atoms with E-state index in [0.717, 1.165) is 11.6 Å². The molecule has 0 atom stereocenters. The third-order valence-corrected chi connectivity index (χ3v) is 7.16. The highest BCUT2D eigenvalue weighted by Gasteiger charge is 2.54. The second-order valence-electron chi connectivity index (χ2n) is 9.16. The first kappa shape index (κ1) is 21.5. The zero-order chi connectivity index (χ0) is 24.3. The number of carbonyl (C=O) groups is 1. The molecule has 4 aromatic rings. The molecule has 1 amide bonds. The van der Waals surface area contributed by atoms with Crippen molar-refractivity contribution >= 4 is 28.6 Å². The van der Waals surface area contributed by atoms with Gasteiger partial charge in [-0.1, -0.05) is 6.07 Å². The smallest absolute Gasteiger partial charge is 0.261 e. The van der Waals surface area contributed by atoms with Crippen LogP contribution in [-0.4, -0.2) is 38.5 Å². The monoisotopic (exact) mass is 476 g/mol. The average Bonchev–Trinajstić information content (AvgIpc) is 3.32. The summed E-state index contributed by atoms with van der Waals surface area (Å²) in [4.78, 5) is 41.2. The number of nitrogens with one attached hydrogen (secondary N) is 1. The minimum absolute atomic E-state index is 0.174. The molecule has 3 aromatic heterocycles. The first-order valence-electron chi connectivity index (χ1n) is 11.4. The van der Waals surface area contributed by atoms with Crippen molar-refractivity contribution in [3.63, 3.8) is 0 Å². The fourth-order valence-corrected chi connectivity index (χ4v) is 5.40. The molecule has 2 aliphatic heterocycles. The van der Waals surface area contributed by atoms with Gasteiger partial charge in [-0.2, -0.15) is 4.98 Å². The van der Waals surface area contributed by atoms with Crippen LogP contribution in [-0.2, 0) is 23.8 Å². The van der Waals surface area contributed by atoms with E-state index in [0.29, 0.717) is 42.9 Å².